The highest BCUT2D eigenvalue weighted by atomic mass is 16.5. The number of nitrogen functional groups attached to an aromatic ring is 1. The number of anilines is 1. The lowest BCUT2D eigenvalue weighted by Gasteiger charge is -2.22. The quantitative estimate of drug-likeness (QED) is 0.712. The zero-order valence-electron chi connectivity index (χ0n) is 9.16. The van der Waals surface area contributed by atoms with E-state index in [-0.39, 0.29) is 12.0 Å². The molecule has 0 aliphatic carbocycles. The van der Waals surface area contributed by atoms with E-state index in [1.807, 2.05) is 0 Å². The molecule has 5 nitrogen and oxygen atoms in total. The third-order valence-electron chi connectivity index (χ3n) is 2.71. The van der Waals surface area contributed by atoms with Gasteiger partial charge in [0.15, 0.2) is 0 Å². The van der Waals surface area contributed by atoms with Gasteiger partial charge in [-0.05, 0) is 25.3 Å². The number of H-pyrrole nitrogens is 1. The minimum Gasteiger partial charge on any atom is -0.397 e. The number of ether oxygens (including phenoxy) is 1. The normalized spacial score (nSPS) is 20.6. The molecule has 0 spiro atoms. The molecule has 1 saturated heterocycles. The lowest BCUT2D eigenvalue weighted by Crippen LogP contribution is -2.35. The predicted molar refractivity (Wildman–Crippen MR) is 61.1 cm³/mol. The molecule has 2 heterocycles. The summed E-state index contributed by atoms with van der Waals surface area (Å²) < 4.78 is 5.52. The molecule has 0 bridgehead atoms. The van der Waals surface area contributed by atoms with Crippen molar-refractivity contribution in [3.05, 3.63) is 18.0 Å². The highest BCUT2D eigenvalue weighted by molar-refractivity contribution is 5.93. The molecule has 4 N–H and O–H groups in total. The van der Waals surface area contributed by atoms with Crippen LogP contribution in [0.3, 0.4) is 0 Å². The number of amides is 1. The van der Waals surface area contributed by atoms with Crippen LogP contribution in [0.2, 0.25) is 0 Å². The van der Waals surface area contributed by atoms with Gasteiger partial charge in [0, 0.05) is 25.0 Å². The molecule has 0 aromatic carbocycles. The van der Waals surface area contributed by atoms with Crippen LogP contribution in [0.4, 0.5) is 5.69 Å². The highest BCUT2D eigenvalue weighted by Crippen LogP contribution is 2.12. The van der Waals surface area contributed by atoms with Crippen LogP contribution in [0.25, 0.3) is 0 Å². The first-order valence-corrected chi connectivity index (χ1v) is 5.59. The molecule has 0 saturated carbocycles. The minimum atomic E-state index is -0.133. The van der Waals surface area contributed by atoms with Crippen molar-refractivity contribution in [3.8, 4) is 0 Å². The Kier molecular flexibility index (Phi) is 3.46. The average Bonchev–Trinajstić information content (AvgIpc) is 2.74. The molecule has 1 unspecified atom stereocenters. The largest absolute Gasteiger partial charge is 0.397 e. The molecule has 1 aromatic rings. The maximum Gasteiger partial charge on any atom is 0.267 e. The highest BCUT2D eigenvalue weighted by Gasteiger charge is 2.15. The molecular weight excluding hydrogens is 206 g/mol. The Bertz CT molecular complexity index is 356. The van der Waals surface area contributed by atoms with Crippen molar-refractivity contribution < 1.29 is 9.53 Å². The van der Waals surface area contributed by atoms with Gasteiger partial charge in [-0.15, -0.1) is 0 Å². The van der Waals surface area contributed by atoms with Crippen LogP contribution in [-0.2, 0) is 4.74 Å². The third-order valence-corrected chi connectivity index (χ3v) is 2.71. The van der Waals surface area contributed by atoms with Gasteiger partial charge in [-0.1, -0.05) is 0 Å². The summed E-state index contributed by atoms with van der Waals surface area (Å²) in [7, 11) is 0. The maximum absolute atomic E-state index is 11.6. The van der Waals surface area contributed by atoms with Gasteiger partial charge in [-0.3, -0.25) is 4.79 Å². The van der Waals surface area contributed by atoms with E-state index in [2.05, 4.69) is 10.3 Å². The lowest BCUT2D eigenvalue weighted by atomic mass is 10.1. The van der Waals surface area contributed by atoms with Crippen LogP contribution in [0, 0.1) is 0 Å². The number of rotatable bonds is 3. The zero-order valence-corrected chi connectivity index (χ0v) is 9.16. The first-order valence-electron chi connectivity index (χ1n) is 5.59. The minimum absolute atomic E-state index is 0.133. The molecule has 1 aromatic heterocycles. The van der Waals surface area contributed by atoms with Crippen LogP contribution < -0.4 is 11.1 Å². The van der Waals surface area contributed by atoms with Gasteiger partial charge >= 0.3 is 0 Å². The molecule has 1 fully saturated rings. The second-order valence-corrected chi connectivity index (χ2v) is 4.05. The van der Waals surface area contributed by atoms with E-state index < -0.39 is 0 Å². The molecule has 1 aliphatic heterocycles. The van der Waals surface area contributed by atoms with E-state index in [4.69, 9.17) is 10.5 Å². The second-order valence-electron chi connectivity index (χ2n) is 4.05. The SMILES string of the molecule is Nc1c[nH]c(C(=O)NCC2CCCCO2)c1. The molecule has 1 atom stereocenters. The van der Waals surface area contributed by atoms with E-state index in [0.29, 0.717) is 17.9 Å². The Balaban J connectivity index is 1.79. The fraction of sp³-hybridized carbons (Fsp3) is 0.545. The van der Waals surface area contributed by atoms with Crippen molar-refractivity contribution in [2.75, 3.05) is 18.9 Å². The topological polar surface area (TPSA) is 80.1 Å². The van der Waals surface area contributed by atoms with Gasteiger partial charge < -0.3 is 20.8 Å². The van der Waals surface area contributed by atoms with Crippen molar-refractivity contribution in [2.24, 2.45) is 0 Å². The van der Waals surface area contributed by atoms with E-state index in [0.717, 1.165) is 19.4 Å². The predicted octanol–water partition coefficient (Wildman–Crippen LogP) is 0.896. The van der Waals surface area contributed by atoms with Gasteiger partial charge in [0.25, 0.3) is 5.91 Å². The van der Waals surface area contributed by atoms with E-state index in [9.17, 15) is 4.79 Å². The Morgan fingerprint density at radius 3 is 3.12 bits per heavy atom. The van der Waals surface area contributed by atoms with Crippen molar-refractivity contribution >= 4 is 11.6 Å². The molecule has 16 heavy (non-hydrogen) atoms. The molecular formula is C11H17N3O2. The second kappa shape index (κ2) is 5.03. The monoisotopic (exact) mass is 223 g/mol. The summed E-state index contributed by atoms with van der Waals surface area (Å²) in [6, 6.07) is 1.62. The van der Waals surface area contributed by atoms with Crippen molar-refractivity contribution in [3.63, 3.8) is 0 Å². The fourth-order valence-electron chi connectivity index (χ4n) is 1.81. The Morgan fingerprint density at radius 1 is 1.62 bits per heavy atom. The molecule has 5 heteroatoms. The number of hydrogen-bond donors (Lipinski definition) is 3. The van der Waals surface area contributed by atoms with Gasteiger partial charge in [0.05, 0.1) is 6.10 Å². The summed E-state index contributed by atoms with van der Waals surface area (Å²) in [6.07, 6.45) is 5.08. The van der Waals surface area contributed by atoms with E-state index in [1.165, 1.54) is 6.42 Å². The summed E-state index contributed by atoms with van der Waals surface area (Å²) in [5, 5.41) is 2.83. The average molecular weight is 223 g/mol. The summed E-state index contributed by atoms with van der Waals surface area (Å²) >= 11 is 0. The smallest absolute Gasteiger partial charge is 0.267 e. The van der Waals surface area contributed by atoms with Crippen molar-refractivity contribution in [1.82, 2.24) is 10.3 Å². The number of aromatic nitrogens is 1. The van der Waals surface area contributed by atoms with Crippen molar-refractivity contribution in [2.45, 2.75) is 25.4 Å². The fourth-order valence-corrected chi connectivity index (χ4v) is 1.81. The Hall–Kier alpha value is -1.49. The standard InChI is InChI=1S/C11H17N3O2/c12-8-5-10(13-6-8)11(15)14-7-9-3-1-2-4-16-9/h5-6,9,13H,1-4,7,12H2,(H,14,15). The molecule has 1 amide bonds. The molecule has 0 radical (unpaired) electrons. The summed E-state index contributed by atoms with van der Waals surface area (Å²) in [4.78, 5) is 14.5. The summed E-state index contributed by atoms with van der Waals surface area (Å²) in [6.45, 7) is 1.37. The Morgan fingerprint density at radius 2 is 2.50 bits per heavy atom. The van der Waals surface area contributed by atoms with Crippen LogP contribution >= 0.6 is 0 Å². The maximum atomic E-state index is 11.6. The van der Waals surface area contributed by atoms with Gasteiger partial charge in [0.2, 0.25) is 0 Å². The summed E-state index contributed by atoms with van der Waals surface area (Å²) in [5.74, 6) is -0.133. The number of carbonyl (C=O) groups excluding carboxylic acids is 1. The Labute approximate surface area is 94.4 Å². The first kappa shape index (κ1) is 11.0. The first-order chi connectivity index (χ1) is 7.75. The van der Waals surface area contributed by atoms with Crippen LogP contribution in [0.15, 0.2) is 12.3 Å². The van der Waals surface area contributed by atoms with Crippen molar-refractivity contribution in [1.29, 1.82) is 0 Å². The zero-order chi connectivity index (χ0) is 11.4. The van der Waals surface area contributed by atoms with E-state index in [1.54, 1.807) is 12.3 Å². The number of nitrogens with one attached hydrogen (secondary N) is 2. The third kappa shape index (κ3) is 2.76. The van der Waals surface area contributed by atoms with Gasteiger partial charge in [-0.25, -0.2) is 0 Å². The van der Waals surface area contributed by atoms with Crippen LogP contribution in [-0.4, -0.2) is 30.1 Å². The number of aromatic amines is 1. The van der Waals surface area contributed by atoms with Crippen LogP contribution in [0.1, 0.15) is 29.8 Å². The van der Waals surface area contributed by atoms with Gasteiger partial charge in [0.1, 0.15) is 5.69 Å². The summed E-state index contributed by atoms with van der Waals surface area (Å²) in [5.41, 5.74) is 6.58. The molecule has 2 rings (SSSR count). The molecule has 1 aliphatic rings. The van der Waals surface area contributed by atoms with Gasteiger partial charge in [-0.2, -0.15) is 0 Å². The number of nitrogens with two attached hydrogens (primary N) is 1. The number of hydrogen-bond acceptors (Lipinski definition) is 3. The van der Waals surface area contributed by atoms with E-state index >= 15 is 0 Å². The lowest BCUT2D eigenvalue weighted by molar-refractivity contribution is 0.0168. The molecule has 88 valence electrons. The van der Waals surface area contributed by atoms with Crippen LogP contribution in [0.5, 0.6) is 0 Å². The number of carbonyl (C=O) groups is 1.